The molecule has 0 saturated heterocycles. The number of aromatic nitrogens is 3. The Labute approximate surface area is 187 Å². The van der Waals surface area contributed by atoms with Gasteiger partial charge in [-0.25, -0.2) is 0 Å². The van der Waals surface area contributed by atoms with Crippen LogP contribution in [-0.2, 0) is 18.4 Å². The summed E-state index contributed by atoms with van der Waals surface area (Å²) in [6.45, 7) is 4.20. The normalized spacial score (nSPS) is 15.0. The zero-order valence-corrected chi connectivity index (χ0v) is 18.8. The number of amides is 1. The number of aromatic amines is 1. The van der Waals surface area contributed by atoms with Gasteiger partial charge in [0.15, 0.2) is 0 Å². The molecule has 0 bridgehead atoms. The van der Waals surface area contributed by atoms with Crippen molar-refractivity contribution in [1.82, 2.24) is 20.1 Å². The van der Waals surface area contributed by atoms with Crippen molar-refractivity contribution in [3.63, 3.8) is 0 Å². The monoisotopic (exact) mass is 428 g/mol. The molecule has 0 atom stereocenters. The summed E-state index contributed by atoms with van der Waals surface area (Å²) in [5.74, 6) is 0.853. The third kappa shape index (κ3) is 3.30. The average molecular weight is 429 g/mol. The molecule has 1 aliphatic rings. The summed E-state index contributed by atoms with van der Waals surface area (Å²) in [5, 5.41) is 8.98. The second-order valence-corrected chi connectivity index (χ2v) is 8.79. The lowest BCUT2D eigenvalue weighted by molar-refractivity contribution is 0.0774. The first-order valence-corrected chi connectivity index (χ1v) is 11.3. The van der Waals surface area contributed by atoms with Gasteiger partial charge in [0.2, 0.25) is 11.8 Å². The predicted octanol–water partition coefficient (Wildman–Crippen LogP) is 5.16. The maximum Gasteiger partial charge on any atom is 0.256 e. The van der Waals surface area contributed by atoms with Gasteiger partial charge in [0.25, 0.3) is 5.91 Å². The molecule has 1 fully saturated rings. The Bertz CT molecular complexity index is 1260. The number of nitrogens with one attached hydrogen (secondary N) is 1. The van der Waals surface area contributed by atoms with Crippen molar-refractivity contribution in [3.05, 3.63) is 82.7 Å². The highest BCUT2D eigenvalue weighted by atomic mass is 16.4. The summed E-state index contributed by atoms with van der Waals surface area (Å²) in [5.41, 5.74) is 5.56. The molecule has 2 aromatic carbocycles. The van der Waals surface area contributed by atoms with Gasteiger partial charge in [0.05, 0.1) is 17.6 Å². The number of fused-ring (bicyclic) bond motifs is 1. The lowest BCUT2D eigenvalue weighted by atomic mass is 9.60. The molecule has 164 valence electrons. The highest BCUT2D eigenvalue weighted by Crippen LogP contribution is 2.51. The van der Waals surface area contributed by atoms with Gasteiger partial charge in [-0.3, -0.25) is 4.79 Å². The largest absolute Gasteiger partial charge is 0.424 e. The molecule has 1 saturated carbocycles. The summed E-state index contributed by atoms with van der Waals surface area (Å²) in [6.07, 6.45) is 6.62. The van der Waals surface area contributed by atoms with Crippen molar-refractivity contribution in [2.75, 3.05) is 7.05 Å². The topological polar surface area (TPSA) is 75.0 Å². The number of hydrogen-bond acceptors (Lipinski definition) is 4. The number of rotatable bonds is 6. The van der Waals surface area contributed by atoms with Crippen LogP contribution in [0.1, 0.15) is 65.0 Å². The summed E-state index contributed by atoms with van der Waals surface area (Å²) >= 11 is 0. The van der Waals surface area contributed by atoms with E-state index < -0.39 is 0 Å². The molecule has 0 unspecified atom stereocenters. The molecule has 4 aromatic rings. The van der Waals surface area contributed by atoms with Crippen molar-refractivity contribution >= 4 is 16.8 Å². The smallest absolute Gasteiger partial charge is 0.256 e. The van der Waals surface area contributed by atoms with Crippen LogP contribution in [0.2, 0.25) is 0 Å². The SMILES string of the molecule is CCc1ccc(C2(c3c[nH]c4c(C(=O)N(C)Cc5nnc(C)o5)cccc34)CCC2)cc1. The number of H-pyrrole nitrogens is 1. The Balaban J connectivity index is 1.50. The fraction of sp³-hybridized carbons (Fsp3) is 0.346. The minimum Gasteiger partial charge on any atom is -0.424 e. The van der Waals surface area contributed by atoms with Crippen molar-refractivity contribution in [2.24, 2.45) is 0 Å². The van der Waals surface area contributed by atoms with Gasteiger partial charge < -0.3 is 14.3 Å². The molecule has 0 spiro atoms. The molecule has 1 aliphatic carbocycles. The molecule has 0 aliphatic heterocycles. The fourth-order valence-electron chi connectivity index (χ4n) is 4.91. The number of hydrogen-bond donors (Lipinski definition) is 1. The van der Waals surface area contributed by atoms with E-state index in [1.54, 1.807) is 18.9 Å². The predicted molar refractivity (Wildman–Crippen MR) is 124 cm³/mol. The maximum absolute atomic E-state index is 13.3. The van der Waals surface area contributed by atoms with E-state index in [2.05, 4.69) is 58.6 Å². The molecule has 6 nitrogen and oxygen atoms in total. The van der Waals surface area contributed by atoms with Crippen LogP contribution in [0, 0.1) is 6.92 Å². The van der Waals surface area contributed by atoms with E-state index in [9.17, 15) is 4.79 Å². The molecule has 1 amide bonds. The van der Waals surface area contributed by atoms with Gasteiger partial charge in [-0.05, 0) is 42.0 Å². The van der Waals surface area contributed by atoms with Gasteiger partial charge in [0, 0.05) is 31.0 Å². The standard InChI is InChI=1S/C26H28N4O2/c1-4-18-9-11-19(12-10-18)26(13-6-14-26)22-15-27-24-20(22)7-5-8-21(24)25(31)30(3)16-23-29-28-17(2)32-23/h5,7-12,15,27H,4,6,13-14,16H2,1-3H3. The first-order valence-electron chi connectivity index (χ1n) is 11.3. The highest BCUT2D eigenvalue weighted by molar-refractivity contribution is 6.06. The molecule has 5 rings (SSSR count). The zero-order valence-electron chi connectivity index (χ0n) is 18.8. The van der Waals surface area contributed by atoms with Crippen LogP contribution in [0.3, 0.4) is 0 Å². The van der Waals surface area contributed by atoms with E-state index in [0.29, 0.717) is 17.3 Å². The fourth-order valence-corrected chi connectivity index (χ4v) is 4.91. The van der Waals surface area contributed by atoms with Crippen LogP contribution in [0.4, 0.5) is 0 Å². The Morgan fingerprint density at radius 1 is 1.16 bits per heavy atom. The molecular weight excluding hydrogens is 400 g/mol. The maximum atomic E-state index is 13.3. The molecular formula is C26H28N4O2. The van der Waals surface area contributed by atoms with Crippen molar-refractivity contribution in [2.45, 2.75) is 51.5 Å². The average Bonchev–Trinajstić information content (AvgIpc) is 3.39. The van der Waals surface area contributed by atoms with Crippen LogP contribution in [0.25, 0.3) is 10.9 Å². The van der Waals surface area contributed by atoms with E-state index in [0.717, 1.165) is 30.2 Å². The summed E-state index contributed by atoms with van der Waals surface area (Å²) in [6, 6.07) is 15.0. The number of carbonyl (C=O) groups is 1. The summed E-state index contributed by atoms with van der Waals surface area (Å²) in [7, 11) is 1.76. The van der Waals surface area contributed by atoms with E-state index in [1.807, 2.05) is 12.1 Å². The van der Waals surface area contributed by atoms with Gasteiger partial charge in [-0.15, -0.1) is 10.2 Å². The Morgan fingerprint density at radius 2 is 1.94 bits per heavy atom. The van der Waals surface area contributed by atoms with Gasteiger partial charge >= 0.3 is 0 Å². The van der Waals surface area contributed by atoms with Crippen LogP contribution in [-0.4, -0.2) is 33.0 Å². The molecule has 0 radical (unpaired) electrons. The van der Waals surface area contributed by atoms with Crippen LogP contribution in [0.15, 0.2) is 53.1 Å². The molecule has 1 N–H and O–H groups in total. The van der Waals surface area contributed by atoms with Crippen LogP contribution < -0.4 is 0 Å². The van der Waals surface area contributed by atoms with Crippen molar-refractivity contribution in [1.29, 1.82) is 0 Å². The lowest BCUT2D eigenvalue weighted by Crippen LogP contribution is -2.35. The molecule has 32 heavy (non-hydrogen) atoms. The lowest BCUT2D eigenvalue weighted by Gasteiger charge is -2.43. The Hall–Kier alpha value is -3.41. The minimum absolute atomic E-state index is 0.0133. The third-order valence-corrected chi connectivity index (χ3v) is 6.87. The van der Waals surface area contributed by atoms with Gasteiger partial charge in [-0.2, -0.15) is 0 Å². The van der Waals surface area contributed by atoms with E-state index in [-0.39, 0.29) is 17.9 Å². The van der Waals surface area contributed by atoms with Gasteiger partial charge in [0.1, 0.15) is 0 Å². The van der Waals surface area contributed by atoms with Gasteiger partial charge in [-0.1, -0.05) is 49.7 Å². The highest BCUT2D eigenvalue weighted by Gasteiger charge is 2.42. The minimum atomic E-state index is -0.0742. The number of benzene rings is 2. The summed E-state index contributed by atoms with van der Waals surface area (Å²) in [4.78, 5) is 18.3. The number of aryl methyl sites for hydroxylation is 2. The number of carbonyl (C=O) groups excluding carboxylic acids is 1. The van der Waals surface area contributed by atoms with Crippen LogP contribution >= 0.6 is 0 Å². The summed E-state index contributed by atoms with van der Waals surface area (Å²) < 4.78 is 5.44. The molecule has 6 heteroatoms. The quantitative estimate of drug-likeness (QED) is 0.460. The molecule has 2 heterocycles. The Kier molecular flexibility index (Phi) is 5.08. The zero-order chi connectivity index (χ0) is 22.3. The van der Waals surface area contributed by atoms with E-state index >= 15 is 0 Å². The van der Waals surface area contributed by atoms with Crippen molar-refractivity contribution in [3.8, 4) is 0 Å². The third-order valence-electron chi connectivity index (χ3n) is 6.87. The number of para-hydroxylation sites is 1. The van der Waals surface area contributed by atoms with Crippen LogP contribution in [0.5, 0.6) is 0 Å². The second-order valence-electron chi connectivity index (χ2n) is 8.79. The molecule has 2 aromatic heterocycles. The number of nitrogens with zero attached hydrogens (tertiary/aromatic N) is 3. The van der Waals surface area contributed by atoms with Crippen molar-refractivity contribution < 1.29 is 9.21 Å². The Morgan fingerprint density at radius 3 is 2.56 bits per heavy atom. The van der Waals surface area contributed by atoms with E-state index in [4.69, 9.17) is 4.42 Å². The van der Waals surface area contributed by atoms with E-state index in [1.165, 1.54) is 23.1 Å². The first kappa shape index (κ1) is 20.5. The first-order chi connectivity index (χ1) is 15.5. The second kappa shape index (κ2) is 7.93.